The molecule has 4 nitrogen and oxygen atoms in total. The zero-order valence-electron chi connectivity index (χ0n) is 18.4. The van der Waals surface area contributed by atoms with Crippen molar-refractivity contribution in [2.45, 2.75) is 96.3 Å². The van der Waals surface area contributed by atoms with Crippen LogP contribution in [0.15, 0.2) is 29.3 Å². The van der Waals surface area contributed by atoms with Gasteiger partial charge >= 0.3 is 0 Å². The van der Waals surface area contributed by atoms with Crippen molar-refractivity contribution < 1.29 is 4.79 Å². The number of rotatable bonds is 7. The second kappa shape index (κ2) is 10.9. The molecule has 0 bridgehead atoms. The fourth-order valence-electron chi connectivity index (χ4n) is 4.62. The lowest BCUT2D eigenvalue weighted by Crippen LogP contribution is -2.51. The molecule has 4 rings (SSSR count). The number of amides is 1. The van der Waals surface area contributed by atoms with E-state index in [0.29, 0.717) is 12.1 Å². The first kappa shape index (κ1) is 23.5. The summed E-state index contributed by atoms with van der Waals surface area (Å²) in [4.78, 5) is 22.4. The van der Waals surface area contributed by atoms with E-state index in [0.717, 1.165) is 17.9 Å². The molecule has 1 heterocycles. The van der Waals surface area contributed by atoms with Crippen molar-refractivity contribution >= 4 is 40.9 Å². The predicted octanol–water partition coefficient (Wildman–Crippen LogP) is 6.03. The number of nitrogens with zero attached hydrogens (tertiary/aromatic N) is 3. The Labute approximate surface area is 192 Å². The van der Waals surface area contributed by atoms with Crippen molar-refractivity contribution in [2.75, 3.05) is 10.7 Å². The zero-order valence-corrected chi connectivity index (χ0v) is 20.0. The van der Waals surface area contributed by atoms with Gasteiger partial charge in [-0.3, -0.25) is 14.7 Å². The molecule has 1 amide bonds. The van der Waals surface area contributed by atoms with E-state index in [2.05, 4.69) is 36.1 Å². The van der Waals surface area contributed by atoms with Gasteiger partial charge < -0.3 is 4.90 Å². The number of anilines is 1. The Morgan fingerprint density at radius 1 is 1.13 bits per heavy atom. The minimum atomic E-state index is 0. The molecule has 1 aromatic carbocycles. The molecular formula is C24H36ClN3OS. The average Bonchev–Trinajstić information content (AvgIpc) is 3.50. The summed E-state index contributed by atoms with van der Waals surface area (Å²) in [5.74, 6) is 1.04. The maximum Gasteiger partial charge on any atom is 0.225 e. The minimum Gasteiger partial charge on any atom is -0.327 e. The van der Waals surface area contributed by atoms with Crippen LogP contribution in [0.1, 0.15) is 77.2 Å². The molecule has 1 aromatic rings. The lowest BCUT2D eigenvalue weighted by molar-refractivity contribution is -0.117. The van der Waals surface area contributed by atoms with E-state index in [1.165, 1.54) is 68.5 Å². The zero-order chi connectivity index (χ0) is 20.2. The van der Waals surface area contributed by atoms with Gasteiger partial charge in [0.1, 0.15) is 6.17 Å². The van der Waals surface area contributed by atoms with Crippen LogP contribution in [0.5, 0.6) is 0 Å². The fraction of sp³-hybridized carbons (Fsp3) is 0.667. The molecule has 3 fully saturated rings. The first-order chi connectivity index (χ1) is 14.2. The smallest absolute Gasteiger partial charge is 0.225 e. The SMILES string of the molecule is CCCCc1ccc(N(C(C)=O)C2CSC(=NC3CCCCC3)N2C2CC2)cc1.Cl. The number of halogens is 1. The van der Waals surface area contributed by atoms with Gasteiger partial charge in [-0.25, -0.2) is 0 Å². The number of carbonyl (C=O) groups excluding carboxylic acids is 1. The van der Waals surface area contributed by atoms with Crippen molar-refractivity contribution in [2.24, 2.45) is 4.99 Å². The first-order valence-corrected chi connectivity index (χ1v) is 12.5. The third kappa shape index (κ3) is 5.53. The lowest BCUT2D eigenvalue weighted by atomic mass is 9.96. The monoisotopic (exact) mass is 449 g/mol. The van der Waals surface area contributed by atoms with Crippen molar-refractivity contribution in [3.05, 3.63) is 29.8 Å². The lowest BCUT2D eigenvalue weighted by Gasteiger charge is -2.35. The molecule has 0 spiro atoms. The third-order valence-electron chi connectivity index (χ3n) is 6.38. The van der Waals surface area contributed by atoms with E-state index in [9.17, 15) is 4.79 Å². The molecule has 1 saturated heterocycles. The summed E-state index contributed by atoms with van der Waals surface area (Å²) < 4.78 is 0. The Balaban J connectivity index is 0.00000256. The summed E-state index contributed by atoms with van der Waals surface area (Å²) >= 11 is 1.86. The van der Waals surface area contributed by atoms with Crippen LogP contribution in [0.3, 0.4) is 0 Å². The number of amidine groups is 1. The highest BCUT2D eigenvalue weighted by atomic mass is 35.5. The van der Waals surface area contributed by atoms with Gasteiger partial charge in [0, 0.05) is 24.4 Å². The van der Waals surface area contributed by atoms with Crippen LogP contribution in [-0.4, -0.2) is 40.0 Å². The quantitative estimate of drug-likeness (QED) is 0.509. The number of carbonyl (C=O) groups is 1. The van der Waals surface area contributed by atoms with Gasteiger partial charge in [-0.05, 0) is 56.2 Å². The van der Waals surface area contributed by atoms with Gasteiger partial charge in [0.2, 0.25) is 5.91 Å². The van der Waals surface area contributed by atoms with Crippen LogP contribution in [0.2, 0.25) is 0 Å². The van der Waals surface area contributed by atoms with E-state index in [1.54, 1.807) is 6.92 Å². The highest BCUT2D eigenvalue weighted by molar-refractivity contribution is 8.14. The molecule has 1 unspecified atom stereocenters. The molecule has 2 saturated carbocycles. The largest absolute Gasteiger partial charge is 0.327 e. The number of thioether (sulfide) groups is 1. The van der Waals surface area contributed by atoms with Gasteiger partial charge in [-0.1, -0.05) is 56.5 Å². The van der Waals surface area contributed by atoms with Gasteiger partial charge in [0.05, 0.1) is 6.04 Å². The molecule has 0 aromatic heterocycles. The highest BCUT2D eigenvalue weighted by Crippen LogP contribution is 2.40. The Morgan fingerprint density at radius 3 is 2.43 bits per heavy atom. The molecule has 6 heteroatoms. The number of hydrogen-bond donors (Lipinski definition) is 0. The van der Waals surface area contributed by atoms with Crippen molar-refractivity contribution in [3.63, 3.8) is 0 Å². The normalized spacial score (nSPS) is 23.5. The maximum absolute atomic E-state index is 12.7. The summed E-state index contributed by atoms with van der Waals surface area (Å²) in [6.45, 7) is 3.93. The molecule has 2 aliphatic carbocycles. The predicted molar refractivity (Wildman–Crippen MR) is 131 cm³/mol. The number of benzene rings is 1. The van der Waals surface area contributed by atoms with E-state index in [1.807, 2.05) is 16.7 Å². The minimum absolute atomic E-state index is 0. The van der Waals surface area contributed by atoms with Gasteiger partial charge in [0.15, 0.2) is 5.17 Å². The Morgan fingerprint density at radius 2 is 1.83 bits per heavy atom. The van der Waals surface area contributed by atoms with E-state index in [4.69, 9.17) is 4.99 Å². The molecule has 3 aliphatic rings. The van der Waals surface area contributed by atoms with Crippen LogP contribution in [0.4, 0.5) is 5.69 Å². The summed E-state index contributed by atoms with van der Waals surface area (Å²) in [7, 11) is 0. The topological polar surface area (TPSA) is 35.9 Å². The van der Waals surface area contributed by atoms with Crippen LogP contribution >= 0.6 is 24.2 Å². The molecule has 0 radical (unpaired) electrons. The molecule has 0 N–H and O–H groups in total. The third-order valence-corrected chi connectivity index (χ3v) is 7.42. The number of aryl methyl sites for hydroxylation is 1. The van der Waals surface area contributed by atoms with Crippen LogP contribution in [0, 0.1) is 0 Å². The highest BCUT2D eigenvalue weighted by Gasteiger charge is 2.44. The van der Waals surface area contributed by atoms with Gasteiger partial charge in [-0.2, -0.15) is 0 Å². The number of aliphatic imine (C=N–C) groups is 1. The summed E-state index contributed by atoms with van der Waals surface area (Å²) in [6, 6.07) is 9.71. The standard InChI is InChI=1S/C24H35N3OS.ClH/c1-3-4-8-19-11-13-21(14-12-19)26(18(2)28)23-17-29-24(27(23)22-15-16-22)25-20-9-6-5-7-10-20;/h11-14,20,22-23H,3-10,15-17H2,1-2H3;1H. The van der Waals surface area contributed by atoms with E-state index >= 15 is 0 Å². The van der Waals surface area contributed by atoms with Crippen molar-refractivity contribution in [1.29, 1.82) is 0 Å². The molecule has 1 aliphatic heterocycles. The number of unbranched alkanes of at least 4 members (excludes halogenated alkanes) is 1. The second-order valence-electron chi connectivity index (χ2n) is 8.79. The fourth-order valence-corrected chi connectivity index (χ4v) is 5.87. The molecule has 1 atom stereocenters. The van der Waals surface area contributed by atoms with Crippen LogP contribution in [-0.2, 0) is 11.2 Å². The maximum atomic E-state index is 12.7. The summed E-state index contributed by atoms with van der Waals surface area (Å²) in [6.07, 6.45) is 12.5. The molecule has 166 valence electrons. The summed E-state index contributed by atoms with van der Waals surface area (Å²) in [5, 5.41) is 1.19. The van der Waals surface area contributed by atoms with E-state index < -0.39 is 0 Å². The van der Waals surface area contributed by atoms with Crippen molar-refractivity contribution in [1.82, 2.24) is 4.90 Å². The summed E-state index contributed by atoms with van der Waals surface area (Å²) in [5.41, 5.74) is 2.38. The Hall–Kier alpha value is -1.20. The second-order valence-corrected chi connectivity index (χ2v) is 9.78. The number of hydrogen-bond acceptors (Lipinski definition) is 3. The van der Waals surface area contributed by atoms with E-state index in [-0.39, 0.29) is 24.5 Å². The van der Waals surface area contributed by atoms with Crippen LogP contribution in [0.25, 0.3) is 0 Å². The molecule has 30 heavy (non-hydrogen) atoms. The van der Waals surface area contributed by atoms with Gasteiger partial charge in [0.25, 0.3) is 0 Å². The first-order valence-electron chi connectivity index (χ1n) is 11.5. The Kier molecular flexibility index (Phi) is 8.52. The average molecular weight is 450 g/mol. The molecular weight excluding hydrogens is 414 g/mol. The van der Waals surface area contributed by atoms with Gasteiger partial charge in [-0.15, -0.1) is 12.4 Å². The Bertz CT molecular complexity index is 728. The van der Waals surface area contributed by atoms with Crippen molar-refractivity contribution in [3.8, 4) is 0 Å². The van der Waals surface area contributed by atoms with Crippen LogP contribution < -0.4 is 4.90 Å².